The number of nitrogens with one attached hydrogen (secondary N) is 1. The van der Waals surface area contributed by atoms with Gasteiger partial charge in [-0.1, -0.05) is 0 Å². The Balaban J connectivity index is 0. The van der Waals surface area contributed by atoms with Crippen LogP contribution >= 0.6 is 0 Å². The van der Waals surface area contributed by atoms with Gasteiger partial charge in [0.2, 0.25) is 0 Å². The first-order chi connectivity index (χ1) is 3.56. The molecule has 0 aliphatic heterocycles. The van der Waals surface area contributed by atoms with Gasteiger partial charge in [0.15, 0.2) is 0 Å². The van der Waals surface area contributed by atoms with Gasteiger partial charge in [0.1, 0.15) is 0 Å². The molecule has 0 rings (SSSR count). The molecule has 0 spiro atoms. The predicted octanol–water partition coefficient (Wildman–Crippen LogP) is -5.00. The van der Waals surface area contributed by atoms with Gasteiger partial charge in [0, 0.05) is 6.54 Å². The molecular weight excluding hydrogens is 155 g/mol. The third kappa shape index (κ3) is 12.1. The first kappa shape index (κ1) is 12.5. The van der Waals surface area contributed by atoms with Gasteiger partial charge in [-0.15, -0.1) is 0 Å². The van der Waals surface area contributed by atoms with Crippen LogP contribution in [0.3, 0.4) is 0 Å². The van der Waals surface area contributed by atoms with Crippen LogP contribution in [-0.4, -0.2) is 25.3 Å². The standard InChI is InChI=1S/C2H8N2O3S.Na/c3-4-1-2-8(5,6)7;/h4H,1-3H2,(H,5,6,7);/q;+1/p-1. The molecule has 0 unspecified atom stereocenters. The average molecular weight is 162 g/mol. The normalized spacial score (nSPS) is 10.4. The van der Waals surface area contributed by atoms with Gasteiger partial charge in [-0.25, -0.2) is 8.42 Å². The molecule has 0 aromatic heterocycles. The predicted molar refractivity (Wildman–Crippen MR) is 26.8 cm³/mol. The molecule has 5 nitrogen and oxygen atoms in total. The van der Waals surface area contributed by atoms with Crippen molar-refractivity contribution in [3.05, 3.63) is 0 Å². The van der Waals surface area contributed by atoms with Crippen molar-refractivity contribution >= 4 is 10.1 Å². The summed E-state index contributed by atoms with van der Waals surface area (Å²) < 4.78 is 29.2. The van der Waals surface area contributed by atoms with E-state index in [1.807, 2.05) is 5.43 Å². The van der Waals surface area contributed by atoms with E-state index in [-0.39, 0.29) is 36.1 Å². The molecule has 0 radical (unpaired) electrons. The zero-order valence-electron chi connectivity index (χ0n) is 5.12. The minimum atomic E-state index is -4.08. The molecule has 0 aromatic rings. The van der Waals surface area contributed by atoms with E-state index >= 15 is 0 Å². The number of hydrogen-bond donors (Lipinski definition) is 2. The van der Waals surface area contributed by atoms with Crippen molar-refractivity contribution < 1.29 is 42.5 Å². The molecule has 0 saturated carbocycles. The maximum Gasteiger partial charge on any atom is 1.00 e. The molecule has 7 heteroatoms. The van der Waals surface area contributed by atoms with Crippen LogP contribution in [0.2, 0.25) is 0 Å². The van der Waals surface area contributed by atoms with Crippen LogP contribution in [0.5, 0.6) is 0 Å². The molecule has 3 N–H and O–H groups in total. The second kappa shape index (κ2) is 5.60. The van der Waals surface area contributed by atoms with Crippen LogP contribution in [0.4, 0.5) is 0 Å². The third-order valence-corrected chi connectivity index (χ3v) is 1.20. The van der Waals surface area contributed by atoms with E-state index in [1.54, 1.807) is 0 Å². The molecule has 0 atom stereocenters. The average Bonchev–Trinajstić information content (AvgIpc) is 1.59. The molecule has 0 aliphatic carbocycles. The van der Waals surface area contributed by atoms with E-state index in [1.165, 1.54) is 0 Å². The summed E-state index contributed by atoms with van der Waals surface area (Å²) in [7, 11) is -4.08. The molecule has 0 aliphatic rings. The number of rotatable bonds is 3. The fourth-order valence-electron chi connectivity index (χ4n) is 0.184. The summed E-state index contributed by atoms with van der Waals surface area (Å²) in [5.74, 6) is 4.23. The molecule has 0 saturated heterocycles. The zero-order chi connectivity index (χ0) is 6.62. The van der Waals surface area contributed by atoms with Crippen molar-refractivity contribution in [2.75, 3.05) is 12.3 Å². The molecular formula is C2H7N2NaO3S. The van der Waals surface area contributed by atoms with Gasteiger partial charge < -0.3 is 4.55 Å². The Bertz CT molecular complexity index is 144. The quantitative estimate of drug-likeness (QED) is 0.187. The molecule has 0 bridgehead atoms. The first-order valence-corrected chi connectivity index (χ1v) is 3.51. The first-order valence-electron chi connectivity index (χ1n) is 1.93. The third-order valence-electron chi connectivity index (χ3n) is 0.496. The summed E-state index contributed by atoms with van der Waals surface area (Å²) in [5, 5.41) is 0. The molecule has 9 heavy (non-hydrogen) atoms. The maximum atomic E-state index is 9.74. The second-order valence-electron chi connectivity index (χ2n) is 1.22. The number of hydrogen-bond acceptors (Lipinski definition) is 5. The van der Waals surface area contributed by atoms with Crippen LogP contribution < -0.4 is 40.8 Å². The van der Waals surface area contributed by atoms with Crippen LogP contribution in [0.15, 0.2) is 0 Å². The topological polar surface area (TPSA) is 95.2 Å². The second-order valence-corrected chi connectivity index (χ2v) is 2.74. The largest absolute Gasteiger partial charge is 1.00 e. The fourth-order valence-corrected chi connectivity index (χ4v) is 0.552. The molecule has 0 amide bonds. The van der Waals surface area contributed by atoms with Crippen LogP contribution in [0.1, 0.15) is 0 Å². The Kier molecular flexibility index (Phi) is 7.78. The summed E-state index contributed by atoms with van der Waals surface area (Å²) in [6.07, 6.45) is 0. The summed E-state index contributed by atoms with van der Waals surface area (Å²) >= 11 is 0. The van der Waals surface area contributed by atoms with Gasteiger partial charge in [0.25, 0.3) is 0 Å². The van der Waals surface area contributed by atoms with Crippen molar-refractivity contribution in [1.29, 1.82) is 0 Å². The van der Waals surface area contributed by atoms with E-state index in [0.717, 1.165) is 0 Å². The SMILES string of the molecule is NNCCS(=O)(=O)[O-].[Na+]. The molecule has 0 heterocycles. The summed E-state index contributed by atoms with van der Waals surface area (Å²) in [5.41, 5.74) is 2.05. The minimum absolute atomic E-state index is 0. The zero-order valence-corrected chi connectivity index (χ0v) is 7.94. The van der Waals surface area contributed by atoms with Crippen molar-refractivity contribution in [3.63, 3.8) is 0 Å². The molecule has 0 fully saturated rings. The number of hydrazine groups is 1. The van der Waals surface area contributed by atoms with Gasteiger partial charge >= 0.3 is 29.6 Å². The van der Waals surface area contributed by atoms with Crippen LogP contribution in [0.25, 0.3) is 0 Å². The monoisotopic (exact) mass is 162 g/mol. The Morgan fingerprint density at radius 2 is 2.00 bits per heavy atom. The summed E-state index contributed by atoms with van der Waals surface area (Å²) in [4.78, 5) is 0. The maximum absolute atomic E-state index is 9.74. The van der Waals surface area contributed by atoms with Crippen molar-refractivity contribution in [3.8, 4) is 0 Å². The van der Waals surface area contributed by atoms with Crippen molar-refractivity contribution in [2.45, 2.75) is 0 Å². The summed E-state index contributed by atoms with van der Waals surface area (Å²) in [6.45, 7) is 0.00579. The Labute approximate surface area is 76.0 Å². The van der Waals surface area contributed by atoms with E-state index in [9.17, 15) is 13.0 Å². The van der Waals surface area contributed by atoms with E-state index in [4.69, 9.17) is 0 Å². The van der Waals surface area contributed by atoms with E-state index in [0.29, 0.717) is 0 Å². The molecule has 0 aromatic carbocycles. The van der Waals surface area contributed by atoms with Gasteiger partial charge in [-0.2, -0.15) is 0 Å². The van der Waals surface area contributed by atoms with E-state index < -0.39 is 15.9 Å². The summed E-state index contributed by atoms with van der Waals surface area (Å²) in [6, 6.07) is 0. The van der Waals surface area contributed by atoms with E-state index in [2.05, 4.69) is 5.84 Å². The smallest absolute Gasteiger partial charge is 0.748 e. The van der Waals surface area contributed by atoms with Crippen LogP contribution in [-0.2, 0) is 10.1 Å². The van der Waals surface area contributed by atoms with Gasteiger partial charge in [-0.3, -0.25) is 11.3 Å². The minimum Gasteiger partial charge on any atom is -0.748 e. The van der Waals surface area contributed by atoms with Crippen LogP contribution in [0, 0.1) is 0 Å². The van der Waals surface area contributed by atoms with Crippen molar-refractivity contribution in [1.82, 2.24) is 5.43 Å². The molecule has 50 valence electrons. The Hall–Kier alpha value is 0.830. The Morgan fingerprint density at radius 1 is 1.56 bits per heavy atom. The number of nitrogens with two attached hydrogens (primary N) is 1. The van der Waals surface area contributed by atoms with Gasteiger partial charge in [0.05, 0.1) is 15.9 Å². The van der Waals surface area contributed by atoms with Gasteiger partial charge in [-0.05, 0) is 0 Å². The Morgan fingerprint density at radius 3 is 2.11 bits per heavy atom. The fraction of sp³-hybridized carbons (Fsp3) is 1.00. The van der Waals surface area contributed by atoms with Crippen molar-refractivity contribution in [2.24, 2.45) is 5.84 Å².